The van der Waals surface area contributed by atoms with Gasteiger partial charge >= 0.3 is 0 Å². The highest BCUT2D eigenvalue weighted by atomic mass is 16.3. The summed E-state index contributed by atoms with van der Waals surface area (Å²) in [6.45, 7) is 4.16. The van der Waals surface area contributed by atoms with Crippen molar-refractivity contribution in [1.82, 2.24) is 0 Å². The number of carbonyl (C=O) groups excluding carboxylic acids is 1. The van der Waals surface area contributed by atoms with Crippen LogP contribution in [-0.4, -0.2) is 10.9 Å². The maximum Gasteiger partial charge on any atom is 0.162 e. The molecule has 2 aliphatic rings. The molecule has 2 unspecified atom stereocenters. The zero-order valence-corrected chi connectivity index (χ0v) is 7.50. The predicted octanol–water partition coefficient (Wildman–Crippen LogP) is 2.06. The quantitative estimate of drug-likeness (QED) is 0.598. The summed E-state index contributed by atoms with van der Waals surface area (Å²) >= 11 is 0. The fourth-order valence-corrected chi connectivity index (χ4v) is 2.71. The van der Waals surface area contributed by atoms with Gasteiger partial charge < -0.3 is 5.11 Å². The van der Waals surface area contributed by atoms with E-state index in [1.807, 2.05) is 0 Å². The molecule has 2 bridgehead atoms. The van der Waals surface area contributed by atoms with Gasteiger partial charge in [0.15, 0.2) is 5.78 Å². The number of carbonyl (C=O) groups is 1. The molecule has 2 aliphatic carbocycles. The van der Waals surface area contributed by atoms with E-state index < -0.39 is 0 Å². The number of rotatable bonds is 0. The maximum atomic E-state index is 11.4. The minimum atomic E-state index is -0.0179. The highest BCUT2D eigenvalue weighted by Gasteiger charge is 2.50. The summed E-state index contributed by atoms with van der Waals surface area (Å²) in [7, 11) is 0. The molecule has 0 aromatic rings. The van der Waals surface area contributed by atoms with Crippen molar-refractivity contribution >= 4 is 5.78 Å². The Kier molecular flexibility index (Phi) is 1.39. The van der Waals surface area contributed by atoms with Gasteiger partial charge in [-0.25, -0.2) is 0 Å². The van der Waals surface area contributed by atoms with Crippen molar-refractivity contribution in [2.24, 2.45) is 17.3 Å². The summed E-state index contributed by atoms with van der Waals surface area (Å²) in [6.07, 6.45) is 3.33. The van der Waals surface area contributed by atoms with E-state index in [0.717, 1.165) is 12.8 Å². The predicted molar refractivity (Wildman–Crippen MR) is 45.7 cm³/mol. The van der Waals surface area contributed by atoms with Crippen molar-refractivity contribution in [3.05, 3.63) is 11.8 Å². The topological polar surface area (TPSA) is 37.3 Å². The lowest BCUT2D eigenvalue weighted by atomic mass is 9.70. The second-order valence-corrected chi connectivity index (χ2v) is 4.48. The van der Waals surface area contributed by atoms with Gasteiger partial charge in [0, 0.05) is 17.9 Å². The maximum absolute atomic E-state index is 11.4. The summed E-state index contributed by atoms with van der Waals surface area (Å²) in [5, 5.41) is 9.54. The van der Waals surface area contributed by atoms with Crippen LogP contribution in [0.4, 0.5) is 0 Å². The van der Waals surface area contributed by atoms with Crippen molar-refractivity contribution in [3.8, 4) is 0 Å². The molecule has 2 rings (SSSR count). The van der Waals surface area contributed by atoms with Crippen molar-refractivity contribution < 1.29 is 9.90 Å². The second-order valence-electron chi connectivity index (χ2n) is 4.48. The van der Waals surface area contributed by atoms with Crippen LogP contribution in [0.5, 0.6) is 0 Å². The normalized spacial score (nSPS) is 38.2. The van der Waals surface area contributed by atoms with Gasteiger partial charge in [-0.05, 0) is 18.3 Å². The van der Waals surface area contributed by atoms with E-state index in [1.54, 1.807) is 0 Å². The molecule has 1 N–H and O–H groups in total. The van der Waals surface area contributed by atoms with Gasteiger partial charge in [0.2, 0.25) is 0 Å². The molecule has 0 radical (unpaired) electrons. The van der Waals surface area contributed by atoms with Crippen LogP contribution in [-0.2, 0) is 4.79 Å². The summed E-state index contributed by atoms with van der Waals surface area (Å²) in [5.41, 5.74) is -0.0179. The first-order valence-corrected chi connectivity index (χ1v) is 4.48. The number of ketones is 1. The first-order valence-electron chi connectivity index (χ1n) is 4.48. The van der Waals surface area contributed by atoms with Gasteiger partial charge in [0.25, 0.3) is 0 Å². The second kappa shape index (κ2) is 2.12. The van der Waals surface area contributed by atoms with E-state index >= 15 is 0 Å². The van der Waals surface area contributed by atoms with Crippen molar-refractivity contribution in [1.29, 1.82) is 0 Å². The smallest absolute Gasteiger partial charge is 0.162 e. The zero-order chi connectivity index (χ0) is 8.93. The number of hydrogen-bond donors (Lipinski definition) is 1. The van der Waals surface area contributed by atoms with Crippen molar-refractivity contribution in [2.45, 2.75) is 26.7 Å². The molecular formula is C10H14O2. The average Bonchev–Trinajstić information content (AvgIpc) is 2.13. The van der Waals surface area contributed by atoms with Gasteiger partial charge in [-0.3, -0.25) is 4.79 Å². The lowest BCUT2D eigenvalue weighted by Crippen LogP contribution is -2.34. The van der Waals surface area contributed by atoms with E-state index in [4.69, 9.17) is 0 Å². The van der Waals surface area contributed by atoms with Crippen LogP contribution in [0.25, 0.3) is 0 Å². The Morgan fingerprint density at radius 1 is 1.42 bits per heavy atom. The van der Waals surface area contributed by atoms with Crippen LogP contribution in [0.15, 0.2) is 11.8 Å². The minimum Gasteiger partial charge on any atom is -0.512 e. The van der Waals surface area contributed by atoms with Gasteiger partial charge in [-0.1, -0.05) is 13.8 Å². The number of hydrogen-bond acceptors (Lipinski definition) is 2. The number of aliphatic hydroxyl groups is 1. The fourth-order valence-electron chi connectivity index (χ4n) is 2.71. The standard InChI is InChI=1S/C10H14O2/c1-10(2)6-3-4-7(10)9(12)5-8(6)11/h5-7,11H,3-4H2,1-2H3. The Bertz CT molecular complexity index is 263. The summed E-state index contributed by atoms with van der Waals surface area (Å²) in [6, 6.07) is 0. The average molecular weight is 166 g/mol. The highest BCUT2D eigenvalue weighted by molar-refractivity contribution is 5.94. The van der Waals surface area contributed by atoms with E-state index in [9.17, 15) is 9.90 Å². The summed E-state index contributed by atoms with van der Waals surface area (Å²) < 4.78 is 0. The van der Waals surface area contributed by atoms with E-state index in [-0.39, 0.29) is 23.0 Å². The Labute approximate surface area is 72.3 Å². The third kappa shape index (κ3) is 0.780. The zero-order valence-electron chi connectivity index (χ0n) is 7.50. The molecule has 0 saturated heterocycles. The molecule has 0 spiro atoms. The van der Waals surface area contributed by atoms with E-state index in [1.165, 1.54) is 6.08 Å². The van der Waals surface area contributed by atoms with E-state index in [2.05, 4.69) is 13.8 Å². The largest absolute Gasteiger partial charge is 0.512 e. The Balaban J connectivity index is 2.47. The third-order valence-corrected chi connectivity index (χ3v) is 3.53. The van der Waals surface area contributed by atoms with Gasteiger partial charge in [0.05, 0.1) is 5.76 Å². The molecule has 0 heterocycles. The molecule has 2 nitrogen and oxygen atoms in total. The Morgan fingerprint density at radius 3 is 2.67 bits per heavy atom. The van der Waals surface area contributed by atoms with Crippen molar-refractivity contribution in [3.63, 3.8) is 0 Å². The molecule has 0 aromatic heterocycles. The van der Waals surface area contributed by atoms with Crippen LogP contribution in [0.2, 0.25) is 0 Å². The molecule has 12 heavy (non-hydrogen) atoms. The summed E-state index contributed by atoms with van der Waals surface area (Å²) in [5.74, 6) is 0.795. The van der Waals surface area contributed by atoms with Crippen LogP contribution in [0, 0.1) is 17.3 Å². The van der Waals surface area contributed by atoms with Crippen LogP contribution in [0.1, 0.15) is 26.7 Å². The van der Waals surface area contributed by atoms with Gasteiger partial charge in [-0.15, -0.1) is 0 Å². The number of aliphatic hydroxyl groups excluding tert-OH is 1. The monoisotopic (exact) mass is 166 g/mol. The SMILES string of the molecule is CC1(C)C2CCC1C(O)=CC2=O. The molecular weight excluding hydrogens is 152 g/mol. The molecule has 0 aliphatic heterocycles. The van der Waals surface area contributed by atoms with Crippen LogP contribution < -0.4 is 0 Å². The number of fused-ring (bicyclic) bond motifs is 2. The lowest BCUT2D eigenvalue weighted by Gasteiger charge is -2.34. The minimum absolute atomic E-state index is 0.0179. The molecule has 0 amide bonds. The molecule has 2 atom stereocenters. The fraction of sp³-hybridized carbons (Fsp3) is 0.700. The molecule has 1 saturated carbocycles. The Hall–Kier alpha value is -0.790. The molecule has 1 fully saturated rings. The van der Waals surface area contributed by atoms with Crippen LogP contribution in [0.3, 0.4) is 0 Å². The Morgan fingerprint density at radius 2 is 2.00 bits per heavy atom. The van der Waals surface area contributed by atoms with E-state index in [0.29, 0.717) is 5.76 Å². The molecule has 0 aromatic carbocycles. The third-order valence-electron chi connectivity index (χ3n) is 3.53. The molecule has 2 heteroatoms. The first-order chi connectivity index (χ1) is 5.53. The van der Waals surface area contributed by atoms with Gasteiger partial charge in [-0.2, -0.15) is 0 Å². The lowest BCUT2D eigenvalue weighted by molar-refractivity contribution is -0.122. The highest BCUT2D eigenvalue weighted by Crippen LogP contribution is 2.53. The summed E-state index contributed by atoms with van der Waals surface area (Å²) in [4.78, 5) is 11.4. The van der Waals surface area contributed by atoms with Crippen molar-refractivity contribution in [2.75, 3.05) is 0 Å². The van der Waals surface area contributed by atoms with Gasteiger partial charge in [0.1, 0.15) is 0 Å². The molecule has 66 valence electrons. The van der Waals surface area contributed by atoms with Crippen LogP contribution >= 0.6 is 0 Å². The first kappa shape index (κ1) is 7.84. The number of allylic oxidation sites excluding steroid dienone is 2.